The number of aromatic hydroxyl groups is 1. The molecule has 0 unspecified atom stereocenters. The number of phenols is 1. The molecule has 2 heterocycles. The molecule has 1 aliphatic heterocycles. The fraction of sp³-hybridized carbons (Fsp3) is 0.286. The predicted octanol–water partition coefficient (Wildman–Crippen LogP) is 3.89. The first kappa shape index (κ1) is 16.8. The zero-order chi connectivity index (χ0) is 18.1. The largest absolute Gasteiger partial charge is 0.505 e. The topological polar surface area (TPSA) is 39.6 Å². The van der Waals surface area contributed by atoms with E-state index < -0.39 is 5.82 Å². The Balaban J connectivity index is 1.80. The Bertz CT molecular complexity index is 936. The van der Waals surface area contributed by atoms with E-state index in [9.17, 15) is 9.50 Å². The fourth-order valence-electron chi connectivity index (χ4n) is 3.51. The molecule has 0 atom stereocenters. The molecule has 1 saturated heterocycles. The van der Waals surface area contributed by atoms with Gasteiger partial charge in [-0.1, -0.05) is 31.2 Å². The molecule has 134 valence electrons. The second kappa shape index (κ2) is 6.92. The normalized spacial score (nSPS) is 15.5. The zero-order valence-electron chi connectivity index (χ0n) is 14.8. The molecule has 1 fully saturated rings. The SMILES string of the molecule is CCN1CCN(c2nc(-c3ccc(O)c(F)c3)cc3ccccc23)CC1. The third-order valence-corrected chi connectivity index (χ3v) is 5.08. The van der Waals surface area contributed by atoms with Crippen LogP contribution in [0.5, 0.6) is 5.75 Å². The van der Waals surface area contributed by atoms with Gasteiger partial charge in [0.1, 0.15) is 5.82 Å². The van der Waals surface area contributed by atoms with Crippen LogP contribution in [-0.2, 0) is 0 Å². The molecule has 4 rings (SSSR count). The summed E-state index contributed by atoms with van der Waals surface area (Å²) in [7, 11) is 0. The number of halogens is 1. The number of aromatic nitrogens is 1. The number of rotatable bonds is 3. The number of piperazine rings is 1. The molecule has 0 spiro atoms. The summed E-state index contributed by atoms with van der Waals surface area (Å²) in [4.78, 5) is 9.62. The van der Waals surface area contributed by atoms with Crippen LogP contribution in [0.2, 0.25) is 0 Å². The van der Waals surface area contributed by atoms with E-state index in [-0.39, 0.29) is 5.75 Å². The number of hydrogen-bond donors (Lipinski definition) is 1. The molecule has 1 aliphatic rings. The summed E-state index contributed by atoms with van der Waals surface area (Å²) in [6, 6.07) is 14.6. The minimum Gasteiger partial charge on any atom is -0.505 e. The number of fused-ring (bicyclic) bond motifs is 1. The average Bonchev–Trinajstić information content (AvgIpc) is 2.69. The summed E-state index contributed by atoms with van der Waals surface area (Å²) in [6.07, 6.45) is 0. The van der Waals surface area contributed by atoms with Crippen molar-refractivity contribution in [3.05, 3.63) is 54.3 Å². The lowest BCUT2D eigenvalue weighted by Crippen LogP contribution is -2.46. The van der Waals surface area contributed by atoms with Crippen LogP contribution in [0.4, 0.5) is 10.2 Å². The van der Waals surface area contributed by atoms with E-state index >= 15 is 0 Å². The monoisotopic (exact) mass is 351 g/mol. The lowest BCUT2D eigenvalue weighted by molar-refractivity contribution is 0.271. The van der Waals surface area contributed by atoms with Crippen LogP contribution in [-0.4, -0.2) is 47.7 Å². The lowest BCUT2D eigenvalue weighted by Gasteiger charge is -2.35. The molecule has 0 radical (unpaired) electrons. The maximum atomic E-state index is 13.8. The van der Waals surface area contributed by atoms with E-state index in [2.05, 4.69) is 28.9 Å². The van der Waals surface area contributed by atoms with E-state index in [4.69, 9.17) is 4.98 Å². The van der Waals surface area contributed by atoms with Crippen molar-refractivity contribution in [2.24, 2.45) is 0 Å². The van der Waals surface area contributed by atoms with Crippen molar-refractivity contribution in [3.8, 4) is 17.0 Å². The van der Waals surface area contributed by atoms with Crippen molar-refractivity contribution in [3.63, 3.8) is 0 Å². The average molecular weight is 351 g/mol. The predicted molar refractivity (Wildman–Crippen MR) is 103 cm³/mol. The molecule has 1 aromatic heterocycles. The Kier molecular flexibility index (Phi) is 4.47. The van der Waals surface area contributed by atoms with Gasteiger partial charge in [0.2, 0.25) is 0 Å². The number of phenolic OH excluding ortho intramolecular Hbond substituents is 1. The quantitative estimate of drug-likeness (QED) is 0.777. The number of hydrogen-bond acceptors (Lipinski definition) is 4. The molecule has 0 saturated carbocycles. The van der Waals surface area contributed by atoms with Crippen LogP contribution in [0.25, 0.3) is 22.0 Å². The molecule has 0 aliphatic carbocycles. The maximum absolute atomic E-state index is 13.8. The number of pyridine rings is 1. The molecule has 0 bridgehead atoms. The number of benzene rings is 2. The van der Waals surface area contributed by atoms with E-state index in [0.717, 1.165) is 55.0 Å². The Morgan fingerprint density at radius 1 is 1.04 bits per heavy atom. The second-order valence-electron chi connectivity index (χ2n) is 6.64. The van der Waals surface area contributed by atoms with E-state index in [1.807, 2.05) is 18.2 Å². The summed E-state index contributed by atoms with van der Waals surface area (Å²) >= 11 is 0. The van der Waals surface area contributed by atoms with Crippen LogP contribution in [0.15, 0.2) is 48.5 Å². The molecule has 0 amide bonds. The van der Waals surface area contributed by atoms with Crippen molar-refractivity contribution in [1.82, 2.24) is 9.88 Å². The van der Waals surface area contributed by atoms with Gasteiger partial charge in [0, 0.05) is 37.1 Å². The Hall–Kier alpha value is -2.66. The molecule has 1 N–H and O–H groups in total. The fourth-order valence-corrected chi connectivity index (χ4v) is 3.51. The Morgan fingerprint density at radius 3 is 2.54 bits per heavy atom. The second-order valence-corrected chi connectivity index (χ2v) is 6.64. The van der Waals surface area contributed by atoms with Gasteiger partial charge in [0.15, 0.2) is 11.6 Å². The summed E-state index contributed by atoms with van der Waals surface area (Å²) in [5, 5.41) is 11.7. The third kappa shape index (κ3) is 3.10. The van der Waals surface area contributed by atoms with Crippen molar-refractivity contribution in [2.75, 3.05) is 37.6 Å². The van der Waals surface area contributed by atoms with Gasteiger partial charge < -0.3 is 14.9 Å². The Morgan fingerprint density at radius 2 is 1.81 bits per heavy atom. The van der Waals surface area contributed by atoms with Gasteiger partial charge >= 0.3 is 0 Å². The van der Waals surface area contributed by atoms with Crippen molar-refractivity contribution >= 4 is 16.6 Å². The highest BCUT2D eigenvalue weighted by atomic mass is 19.1. The number of nitrogens with zero attached hydrogens (tertiary/aromatic N) is 3. The highest BCUT2D eigenvalue weighted by Crippen LogP contribution is 2.32. The number of anilines is 1. The molecule has 4 nitrogen and oxygen atoms in total. The van der Waals surface area contributed by atoms with Gasteiger partial charge in [-0.15, -0.1) is 0 Å². The summed E-state index contributed by atoms with van der Waals surface area (Å²) in [5.41, 5.74) is 1.38. The van der Waals surface area contributed by atoms with Crippen LogP contribution in [0, 0.1) is 5.82 Å². The van der Waals surface area contributed by atoms with Crippen molar-refractivity contribution in [1.29, 1.82) is 0 Å². The van der Waals surface area contributed by atoms with Crippen LogP contribution < -0.4 is 4.90 Å². The smallest absolute Gasteiger partial charge is 0.165 e. The highest BCUT2D eigenvalue weighted by molar-refractivity contribution is 5.95. The first-order chi connectivity index (χ1) is 12.7. The highest BCUT2D eigenvalue weighted by Gasteiger charge is 2.20. The third-order valence-electron chi connectivity index (χ3n) is 5.08. The van der Waals surface area contributed by atoms with Gasteiger partial charge in [-0.2, -0.15) is 0 Å². The standard InChI is InChI=1S/C21H22FN3O/c1-2-24-9-11-25(12-10-24)21-17-6-4-3-5-15(17)14-19(23-21)16-7-8-20(26)18(22)13-16/h3-8,13-14,26H,2,9-12H2,1H3. The number of likely N-dealkylation sites (N-methyl/N-ethyl adjacent to an activating group) is 1. The minimum atomic E-state index is -0.629. The van der Waals surface area contributed by atoms with Crippen molar-refractivity contribution in [2.45, 2.75) is 6.92 Å². The zero-order valence-corrected chi connectivity index (χ0v) is 14.8. The molecular formula is C21H22FN3O. The maximum Gasteiger partial charge on any atom is 0.165 e. The first-order valence-electron chi connectivity index (χ1n) is 9.01. The molecule has 26 heavy (non-hydrogen) atoms. The Labute approximate surface area is 152 Å². The molecule has 5 heteroatoms. The van der Waals surface area contributed by atoms with Gasteiger partial charge in [0.25, 0.3) is 0 Å². The molecule has 2 aromatic carbocycles. The minimum absolute atomic E-state index is 0.342. The van der Waals surface area contributed by atoms with Crippen molar-refractivity contribution < 1.29 is 9.50 Å². The van der Waals surface area contributed by atoms with Crippen LogP contribution in [0.3, 0.4) is 0 Å². The molecular weight excluding hydrogens is 329 g/mol. The van der Waals surface area contributed by atoms with E-state index in [1.54, 1.807) is 6.07 Å². The first-order valence-corrected chi connectivity index (χ1v) is 9.01. The van der Waals surface area contributed by atoms with Gasteiger partial charge in [0.05, 0.1) is 5.69 Å². The summed E-state index contributed by atoms with van der Waals surface area (Å²) in [5.74, 6) is -0.0247. The molecule has 3 aromatic rings. The lowest BCUT2D eigenvalue weighted by atomic mass is 10.1. The van der Waals surface area contributed by atoms with E-state index in [0.29, 0.717) is 5.56 Å². The van der Waals surface area contributed by atoms with Gasteiger partial charge in [-0.3, -0.25) is 0 Å². The van der Waals surface area contributed by atoms with Gasteiger partial charge in [-0.05, 0) is 36.2 Å². The van der Waals surface area contributed by atoms with Crippen LogP contribution in [0.1, 0.15) is 6.92 Å². The summed E-state index contributed by atoms with van der Waals surface area (Å²) in [6.45, 7) is 7.14. The van der Waals surface area contributed by atoms with Crippen LogP contribution >= 0.6 is 0 Å². The summed E-state index contributed by atoms with van der Waals surface area (Å²) < 4.78 is 13.8. The van der Waals surface area contributed by atoms with E-state index in [1.165, 1.54) is 12.1 Å². The van der Waals surface area contributed by atoms with Gasteiger partial charge in [-0.25, -0.2) is 9.37 Å².